The number of carbonyl (C=O) groups is 1. The van der Waals surface area contributed by atoms with Crippen LogP contribution in [0, 0.1) is 0 Å². The van der Waals surface area contributed by atoms with E-state index in [0.717, 1.165) is 34.8 Å². The standard InChI is InChI=1S/C21H24N2OS/c1-3-4-5-8-13-22-21(24)16-11-12-20-18(14-16)23-15(2)17-9-6-7-10-19(17)25-20/h6-7,9-12,14H,3-5,8,13H2,1-2H3,(H,22,24). The Kier molecular flexibility index (Phi) is 5.92. The number of benzene rings is 2. The van der Waals surface area contributed by atoms with Gasteiger partial charge in [-0.15, -0.1) is 0 Å². The molecule has 3 rings (SSSR count). The van der Waals surface area contributed by atoms with Crippen molar-refractivity contribution >= 4 is 29.1 Å². The van der Waals surface area contributed by atoms with Gasteiger partial charge in [0.15, 0.2) is 0 Å². The first-order chi connectivity index (χ1) is 12.2. The molecule has 0 bridgehead atoms. The second kappa shape index (κ2) is 8.34. The molecule has 1 aliphatic rings. The van der Waals surface area contributed by atoms with Gasteiger partial charge in [-0.1, -0.05) is 56.1 Å². The Balaban J connectivity index is 1.75. The van der Waals surface area contributed by atoms with Gasteiger partial charge in [0.05, 0.1) is 5.69 Å². The summed E-state index contributed by atoms with van der Waals surface area (Å²) in [6.07, 6.45) is 4.63. The molecule has 4 heteroatoms. The largest absolute Gasteiger partial charge is 0.352 e. The predicted octanol–water partition coefficient (Wildman–Crippen LogP) is 5.60. The third-order valence-corrected chi connectivity index (χ3v) is 5.46. The number of aliphatic imine (C=N–C) groups is 1. The van der Waals surface area contributed by atoms with Gasteiger partial charge in [0.25, 0.3) is 5.91 Å². The van der Waals surface area contributed by atoms with E-state index in [1.165, 1.54) is 24.2 Å². The van der Waals surface area contributed by atoms with Crippen LogP contribution in [0.4, 0.5) is 5.69 Å². The van der Waals surface area contributed by atoms with Crippen molar-refractivity contribution in [3.05, 3.63) is 53.6 Å². The molecule has 0 aromatic heterocycles. The maximum atomic E-state index is 12.4. The fourth-order valence-corrected chi connectivity index (χ4v) is 3.96. The summed E-state index contributed by atoms with van der Waals surface area (Å²) < 4.78 is 0. The molecule has 25 heavy (non-hydrogen) atoms. The summed E-state index contributed by atoms with van der Waals surface area (Å²) >= 11 is 1.71. The third kappa shape index (κ3) is 4.31. The molecule has 0 spiro atoms. The van der Waals surface area contributed by atoms with Gasteiger partial charge in [-0.05, 0) is 37.6 Å². The monoisotopic (exact) mass is 352 g/mol. The summed E-state index contributed by atoms with van der Waals surface area (Å²) in [5, 5.41) is 3.01. The molecule has 1 amide bonds. The van der Waals surface area contributed by atoms with Gasteiger partial charge >= 0.3 is 0 Å². The molecule has 2 aromatic rings. The molecule has 0 atom stereocenters. The molecule has 0 saturated carbocycles. The maximum absolute atomic E-state index is 12.4. The van der Waals surface area contributed by atoms with E-state index in [4.69, 9.17) is 4.99 Å². The van der Waals surface area contributed by atoms with E-state index in [9.17, 15) is 4.79 Å². The van der Waals surface area contributed by atoms with E-state index >= 15 is 0 Å². The summed E-state index contributed by atoms with van der Waals surface area (Å²) in [4.78, 5) is 19.4. The van der Waals surface area contributed by atoms with Crippen LogP contribution in [0.15, 0.2) is 57.2 Å². The number of carbonyl (C=O) groups excluding carboxylic acids is 1. The van der Waals surface area contributed by atoms with E-state index < -0.39 is 0 Å². The SMILES string of the molecule is CCCCCCNC(=O)c1ccc2c(c1)N=C(C)c1ccccc1S2. The molecule has 0 saturated heterocycles. The minimum Gasteiger partial charge on any atom is -0.352 e. The van der Waals surface area contributed by atoms with Gasteiger partial charge in [0.1, 0.15) is 0 Å². The van der Waals surface area contributed by atoms with Gasteiger partial charge in [-0.3, -0.25) is 9.79 Å². The van der Waals surface area contributed by atoms with Crippen LogP contribution < -0.4 is 5.32 Å². The molecule has 3 nitrogen and oxygen atoms in total. The first-order valence-corrected chi connectivity index (χ1v) is 9.75. The number of unbranched alkanes of at least 4 members (excludes halogenated alkanes) is 3. The normalized spacial score (nSPS) is 12.6. The summed E-state index contributed by atoms with van der Waals surface area (Å²) in [5.74, 6) is -0.0149. The van der Waals surface area contributed by atoms with Crippen molar-refractivity contribution in [2.24, 2.45) is 4.99 Å². The molecule has 0 unspecified atom stereocenters. The predicted molar refractivity (Wildman–Crippen MR) is 105 cm³/mol. The highest BCUT2D eigenvalue weighted by atomic mass is 32.2. The highest BCUT2D eigenvalue weighted by Crippen LogP contribution is 2.40. The molecule has 0 aliphatic carbocycles. The quantitative estimate of drug-likeness (QED) is 0.687. The number of amides is 1. The number of fused-ring (bicyclic) bond motifs is 2. The Morgan fingerprint density at radius 2 is 1.92 bits per heavy atom. The Hall–Kier alpha value is -2.07. The fraction of sp³-hybridized carbons (Fsp3) is 0.333. The molecule has 1 heterocycles. The first kappa shape index (κ1) is 17.7. The number of hydrogen-bond acceptors (Lipinski definition) is 3. The summed E-state index contributed by atoms with van der Waals surface area (Å²) in [6.45, 7) is 4.94. The van der Waals surface area contributed by atoms with Gasteiger partial charge in [-0.25, -0.2) is 0 Å². The van der Waals surface area contributed by atoms with Crippen LogP contribution in [-0.2, 0) is 0 Å². The topological polar surface area (TPSA) is 41.5 Å². The number of nitrogens with zero attached hydrogens (tertiary/aromatic N) is 1. The van der Waals surface area contributed by atoms with E-state index in [1.807, 2.05) is 37.3 Å². The Labute approximate surface area is 153 Å². The van der Waals surface area contributed by atoms with Crippen molar-refractivity contribution in [3.8, 4) is 0 Å². The maximum Gasteiger partial charge on any atom is 0.251 e. The van der Waals surface area contributed by atoms with E-state index in [1.54, 1.807) is 11.8 Å². The highest BCUT2D eigenvalue weighted by Gasteiger charge is 2.16. The minimum atomic E-state index is -0.0149. The lowest BCUT2D eigenvalue weighted by atomic mass is 10.1. The minimum absolute atomic E-state index is 0.0149. The van der Waals surface area contributed by atoms with E-state index in [-0.39, 0.29) is 5.91 Å². The molecule has 1 aliphatic heterocycles. The summed E-state index contributed by atoms with van der Waals surface area (Å²) in [5.41, 5.74) is 3.69. The van der Waals surface area contributed by atoms with Gasteiger partial charge < -0.3 is 5.32 Å². The molecule has 0 fully saturated rings. The lowest BCUT2D eigenvalue weighted by Gasteiger charge is -2.08. The Morgan fingerprint density at radius 1 is 1.08 bits per heavy atom. The second-order valence-electron chi connectivity index (χ2n) is 6.29. The van der Waals surface area contributed by atoms with Crippen LogP contribution in [0.25, 0.3) is 0 Å². The Morgan fingerprint density at radius 3 is 2.76 bits per heavy atom. The van der Waals surface area contributed by atoms with Crippen LogP contribution in [0.3, 0.4) is 0 Å². The molecular weight excluding hydrogens is 328 g/mol. The van der Waals surface area contributed by atoms with Crippen LogP contribution in [0.2, 0.25) is 0 Å². The molecule has 130 valence electrons. The zero-order chi connectivity index (χ0) is 17.6. The fourth-order valence-electron chi connectivity index (χ4n) is 2.90. The second-order valence-corrected chi connectivity index (χ2v) is 7.38. The molecule has 0 radical (unpaired) electrons. The van der Waals surface area contributed by atoms with Crippen LogP contribution in [0.1, 0.15) is 55.5 Å². The van der Waals surface area contributed by atoms with Crippen molar-refractivity contribution in [2.45, 2.75) is 49.3 Å². The van der Waals surface area contributed by atoms with Gasteiger partial charge in [-0.2, -0.15) is 0 Å². The van der Waals surface area contributed by atoms with Crippen LogP contribution >= 0.6 is 11.8 Å². The lowest BCUT2D eigenvalue weighted by molar-refractivity contribution is 0.0953. The summed E-state index contributed by atoms with van der Waals surface area (Å²) in [6, 6.07) is 14.1. The lowest BCUT2D eigenvalue weighted by Crippen LogP contribution is -2.24. The van der Waals surface area contributed by atoms with Crippen molar-refractivity contribution in [1.82, 2.24) is 5.32 Å². The van der Waals surface area contributed by atoms with Crippen molar-refractivity contribution in [3.63, 3.8) is 0 Å². The van der Waals surface area contributed by atoms with Gasteiger partial charge in [0, 0.05) is 33.2 Å². The Bertz CT molecular complexity index is 798. The third-order valence-electron chi connectivity index (χ3n) is 4.32. The molecule has 2 aromatic carbocycles. The average Bonchev–Trinajstić information content (AvgIpc) is 2.76. The highest BCUT2D eigenvalue weighted by molar-refractivity contribution is 7.99. The van der Waals surface area contributed by atoms with Crippen LogP contribution in [0.5, 0.6) is 0 Å². The van der Waals surface area contributed by atoms with E-state index in [2.05, 4.69) is 24.4 Å². The zero-order valence-corrected chi connectivity index (χ0v) is 15.7. The van der Waals surface area contributed by atoms with Gasteiger partial charge in [0.2, 0.25) is 0 Å². The number of nitrogens with one attached hydrogen (secondary N) is 1. The zero-order valence-electron chi connectivity index (χ0n) is 14.8. The van der Waals surface area contributed by atoms with Crippen molar-refractivity contribution < 1.29 is 4.79 Å². The van der Waals surface area contributed by atoms with Crippen LogP contribution in [-0.4, -0.2) is 18.2 Å². The molecule has 1 N–H and O–H groups in total. The summed E-state index contributed by atoms with van der Waals surface area (Å²) in [7, 11) is 0. The number of hydrogen-bond donors (Lipinski definition) is 1. The number of rotatable bonds is 6. The van der Waals surface area contributed by atoms with Crippen molar-refractivity contribution in [1.29, 1.82) is 0 Å². The smallest absolute Gasteiger partial charge is 0.251 e. The van der Waals surface area contributed by atoms with Crippen molar-refractivity contribution in [2.75, 3.05) is 6.54 Å². The first-order valence-electron chi connectivity index (χ1n) is 8.94. The molecular formula is C21H24N2OS. The van der Waals surface area contributed by atoms with E-state index in [0.29, 0.717) is 5.56 Å². The average molecular weight is 353 g/mol.